The largest absolute Gasteiger partial charge is 0.392 e. The number of hydrogen-bond donors (Lipinski definition) is 2. The molecular formula is C19H26FN3O4. The number of carbonyl (C=O) groups is 1. The summed E-state index contributed by atoms with van der Waals surface area (Å²) < 4.78 is 26.2. The van der Waals surface area contributed by atoms with Crippen LogP contribution in [0.4, 0.5) is 10.1 Å². The molecule has 7 nitrogen and oxygen atoms in total. The van der Waals surface area contributed by atoms with Crippen molar-refractivity contribution in [3.8, 4) is 0 Å². The number of ether oxygens (including phenoxy) is 1. The number of amides is 1. The minimum atomic E-state index is -0.625. The van der Waals surface area contributed by atoms with Crippen molar-refractivity contribution in [2.24, 2.45) is 0 Å². The number of morpholine rings is 1. The number of anilines is 1. The lowest BCUT2D eigenvalue weighted by molar-refractivity contribution is -0.00550. The van der Waals surface area contributed by atoms with Crippen LogP contribution < -0.4 is 10.2 Å². The van der Waals surface area contributed by atoms with Gasteiger partial charge in [-0.2, -0.15) is 0 Å². The zero-order valence-corrected chi connectivity index (χ0v) is 16.3. The molecular weight excluding hydrogens is 353 g/mol. The third-order valence-corrected chi connectivity index (χ3v) is 4.37. The molecule has 1 amide bonds. The van der Waals surface area contributed by atoms with E-state index in [1.807, 2.05) is 39.5 Å². The van der Waals surface area contributed by atoms with E-state index in [2.05, 4.69) is 10.5 Å². The maximum atomic E-state index is 15.3. The van der Waals surface area contributed by atoms with Crippen molar-refractivity contribution in [1.82, 2.24) is 10.5 Å². The standard InChI is InChI=1S/C19H26FN3O4/c1-10-7-23(8-11(2)26-10)16-12(9-24)6-13-15(18(25)21-19(3,4)5)22-27-17(13)14(16)20/h6,10-11,24H,7-9H2,1-5H3,(H,21,25)/t10-,11+. The third kappa shape index (κ3) is 3.91. The fourth-order valence-electron chi connectivity index (χ4n) is 3.47. The van der Waals surface area contributed by atoms with Gasteiger partial charge in [0, 0.05) is 24.2 Å². The van der Waals surface area contributed by atoms with Gasteiger partial charge in [0.25, 0.3) is 5.91 Å². The normalized spacial score (nSPS) is 20.9. The molecule has 2 aromatic rings. The van der Waals surface area contributed by atoms with Crippen LogP contribution in [-0.4, -0.2) is 47.0 Å². The molecule has 2 heterocycles. The number of nitrogens with zero attached hydrogens (tertiary/aromatic N) is 2. The van der Waals surface area contributed by atoms with Crippen molar-refractivity contribution >= 4 is 22.6 Å². The highest BCUT2D eigenvalue weighted by Gasteiger charge is 2.30. The smallest absolute Gasteiger partial charge is 0.274 e. The predicted molar refractivity (Wildman–Crippen MR) is 99.3 cm³/mol. The van der Waals surface area contributed by atoms with Crippen molar-refractivity contribution in [3.63, 3.8) is 0 Å². The van der Waals surface area contributed by atoms with Crippen molar-refractivity contribution in [3.05, 3.63) is 23.1 Å². The highest BCUT2D eigenvalue weighted by molar-refractivity contribution is 6.05. The number of aliphatic hydroxyl groups is 1. The summed E-state index contributed by atoms with van der Waals surface area (Å²) in [5.41, 5.74) is 0.0952. The molecule has 2 N–H and O–H groups in total. The summed E-state index contributed by atoms with van der Waals surface area (Å²) in [7, 11) is 0. The minimum Gasteiger partial charge on any atom is -0.392 e. The van der Waals surface area contributed by atoms with Crippen LogP contribution in [0.1, 0.15) is 50.7 Å². The van der Waals surface area contributed by atoms with Crippen molar-refractivity contribution < 1.29 is 23.6 Å². The Hall–Kier alpha value is -2.19. The van der Waals surface area contributed by atoms with Gasteiger partial charge in [-0.3, -0.25) is 4.79 Å². The second-order valence-corrected chi connectivity index (χ2v) is 8.13. The van der Waals surface area contributed by atoms with Gasteiger partial charge in [-0.05, 0) is 40.7 Å². The van der Waals surface area contributed by atoms with Crippen molar-refractivity contribution in [2.45, 2.75) is 59.0 Å². The topological polar surface area (TPSA) is 87.8 Å². The summed E-state index contributed by atoms with van der Waals surface area (Å²) in [5, 5.41) is 16.7. The van der Waals surface area contributed by atoms with E-state index in [0.29, 0.717) is 18.7 Å². The van der Waals surface area contributed by atoms with Gasteiger partial charge in [0.05, 0.1) is 29.9 Å². The number of nitrogens with one attached hydrogen (secondary N) is 1. The summed E-state index contributed by atoms with van der Waals surface area (Å²) in [6.45, 7) is 9.97. The molecule has 1 aliphatic heterocycles. The molecule has 1 fully saturated rings. The van der Waals surface area contributed by atoms with E-state index >= 15 is 4.39 Å². The Labute approximate surface area is 157 Å². The molecule has 148 valence electrons. The fourth-order valence-corrected chi connectivity index (χ4v) is 3.47. The van der Waals surface area contributed by atoms with E-state index in [9.17, 15) is 9.90 Å². The molecule has 0 saturated carbocycles. The molecule has 0 spiro atoms. The number of hydrogen-bond acceptors (Lipinski definition) is 6. The zero-order valence-electron chi connectivity index (χ0n) is 16.3. The monoisotopic (exact) mass is 379 g/mol. The lowest BCUT2D eigenvalue weighted by Crippen LogP contribution is -2.46. The van der Waals surface area contributed by atoms with Gasteiger partial charge in [-0.1, -0.05) is 5.16 Å². The zero-order chi connectivity index (χ0) is 19.9. The first kappa shape index (κ1) is 19.6. The highest BCUT2D eigenvalue weighted by Crippen LogP contribution is 2.35. The molecule has 1 aliphatic rings. The summed E-state index contributed by atoms with van der Waals surface area (Å²) in [4.78, 5) is 14.3. The van der Waals surface area contributed by atoms with Crippen LogP contribution in [0.25, 0.3) is 11.0 Å². The van der Waals surface area contributed by atoms with E-state index in [1.54, 1.807) is 6.07 Å². The lowest BCUT2D eigenvalue weighted by Gasteiger charge is -2.37. The number of halogens is 1. The molecule has 0 bridgehead atoms. The number of carbonyl (C=O) groups excluding carboxylic acids is 1. The van der Waals surface area contributed by atoms with E-state index in [1.165, 1.54) is 0 Å². The molecule has 8 heteroatoms. The average Bonchev–Trinajstić information content (AvgIpc) is 2.96. The average molecular weight is 379 g/mol. The summed E-state index contributed by atoms with van der Waals surface area (Å²) >= 11 is 0. The molecule has 27 heavy (non-hydrogen) atoms. The number of aliphatic hydroxyl groups excluding tert-OH is 1. The van der Waals surface area contributed by atoms with Gasteiger partial charge in [0.2, 0.25) is 5.58 Å². The Morgan fingerprint density at radius 3 is 2.56 bits per heavy atom. The van der Waals surface area contributed by atoms with Crippen LogP contribution in [0.2, 0.25) is 0 Å². The molecule has 3 rings (SSSR count). The minimum absolute atomic E-state index is 0.00351. The summed E-state index contributed by atoms with van der Waals surface area (Å²) in [6.07, 6.45) is -0.142. The number of fused-ring (bicyclic) bond motifs is 1. The molecule has 0 radical (unpaired) electrons. The third-order valence-electron chi connectivity index (χ3n) is 4.37. The van der Waals surface area contributed by atoms with Crippen LogP contribution in [0, 0.1) is 5.82 Å². The number of rotatable bonds is 3. The molecule has 0 unspecified atom stereocenters. The molecule has 1 aromatic heterocycles. The first-order valence-corrected chi connectivity index (χ1v) is 9.05. The Morgan fingerprint density at radius 1 is 1.37 bits per heavy atom. The van der Waals surface area contributed by atoms with Crippen LogP contribution >= 0.6 is 0 Å². The SMILES string of the molecule is C[C@@H]1CN(c2c(CO)cc3c(C(=O)NC(C)(C)C)noc3c2F)C[C@H](C)O1. The molecule has 1 aromatic carbocycles. The van der Waals surface area contributed by atoms with Gasteiger partial charge in [0.1, 0.15) is 0 Å². The van der Waals surface area contributed by atoms with Gasteiger partial charge in [0.15, 0.2) is 11.5 Å². The first-order chi connectivity index (χ1) is 12.6. The van der Waals surface area contributed by atoms with Gasteiger partial charge in [-0.15, -0.1) is 0 Å². The Bertz CT molecular complexity index is 849. The second-order valence-electron chi connectivity index (χ2n) is 8.13. The van der Waals surface area contributed by atoms with Gasteiger partial charge < -0.3 is 24.6 Å². The number of benzene rings is 1. The maximum Gasteiger partial charge on any atom is 0.274 e. The Balaban J connectivity index is 2.08. The maximum absolute atomic E-state index is 15.3. The Morgan fingerprint density at radius 2 is 2.00 bits per heavy atom. The van der Waals surface area contributed by atoms with Crippen molar-refractivity contribution in [2.75, 3.05) is 18.0 Å². The van der Waals surface area contributed by atoms with Gasteiger partial charge >= 0.3 is 0 Å². The molecule has 0 aliphatic carbocycles. The predicted octanol–water partition coefficient (Wildman–Crippen LogP) is 2.60. The lowest BCUT2D eigenvalue weighted by atomic mass is 10.0. The Kier molecular flexibility index (Phi) is 5.14. The summed E-state index contributed by atoms with van der Waals surface area (Å²) in [6, 6.07) is 1.58. The second kappa shape index (κ2) is 7.09. The van der Waals surface area contributed by atoms with Crippen molar-refractivity contribution in [1.29, 1.82) is 0 Å². The summed E-state index contributed by atoms with van der Waals surface area (Å²) in [5.74, 6) is -1.08. The van der Waals surface area contributed by atoms with Crippen LogP contribution in [0.3, 0.4) is 0 Å². The quantitative estimate of drug-likeness (QED) is 0.852. The van der Waals surface area contributed by atoms with Crippen LogP contribution in [0.15, 0.2) is 10.6 Å². The van der Waals surface area contributed by atoms with Crippen LogP contribution in [-0.2, 0) is 11.3 Å². The van der Waals surface area contributed by atoms with E-state index < -0.39 is 17.3 Å². The molecule has 1 saturated heterocycles. The number of aromatic nitrogens is 1. The van der Waals surface area contributed by atoms with Gasteiger partial charge in [-0.25, -0.2) is 4.39 Å². The van der Waals surface area contributed by atoms with E-state index in [0.717, 1.165) is 0 Å². The van der Waals surface area contributed by atoms with E-state index in [-0.39, 0.29) is 41.2 Å². The fraction of sp³-hybridized carbons (Fsp3) is 0.579. The van der Waals surface area contributed by atoms with E-state index in [4.69, 9.17) is 9.26 Å². The van der Waals surface area contributed by atoms with Crippen LogP contribution in [0.5, 0.6) is 0 Å². The first-order valence-electron chi connectivity index (χ1n) is 9.05. The molecule has 2 atom stereocenters. The highest BCUT2D eigenvalue weighted by atomic mass is 19.1.